The summed E-state index contributed by atoms with van der Waals surface area (Å²) in [5.41, 5.74) is 0.964. The first kappa shape index (κ1) is 17.5. The van der Waals surface area contributed by atoms with E-state index in [9.17, 15) is 9.59 Å². The Kier molecular flexibility index (Phi) is 5.43. The predicted molar refractivity (Wildman–Crippen MR) is 88.9 cm³/mol. The number of carbonyl (C=O) groups excluding carboxylic acids is 1. The Morgan fingerprint density at radius 1 is 1.40 bits per heavy atom. The van der Waals surface area contributed by atoms with Crippen molar-refractivity contribution in [3.05, 3.63) is 23.8 Å². The van der Waals surface area contributed by atoms with E-state index in [4.69, 9.17) is 19.3 Å². The fourth-order valence-electron chi connectivity index (χ4n) is 3.28. The molecular formula is C18H23NO6. The normalized spacial score (nSPS) is 22.7. The van der Waals surface area contributed by atoms with Crippen molar-refractivity contribution in [3.8, 4) is 11.5 Å². The average molecular weight is 349 g/mol. The molecule has 136 valence electrons. The van der Waals surface area contributed by atoms with Gasteiger partial charge in [0.2, 0.25) is 5.91 Å². The molecule has 7 heteroatoms. The molecule has 1 amide bonds. The molecule has 1 fully saturated rings. The SMILES string of the molecule is CCOc1ccc2c(c1)C[C@H](C(=O)N1CCO[C@@H](CC(=O)O)C1)CO2. The Morgan fingerprint density at radius 3 is 3.00 bits per heavy atom. The molecule has 2 heterocycles. The largest absolute Gasteiger partial charge is 0.494 e. The van der Waals surface area contributed by atoms with Gasteiger partial charge >= 0.3 is 5.97 Å². The fraction of sp³-hybridized carbons (Fsp3) is 0.556. The highest BCUT2D eigenvalue weighted by atomic mass is 16.5. The van der Waals surface area contributed by atoms with Gasteiger partial charge in [-0.3, -0.25) is 9.59 Å². The number of aliphatic carboxylic acids is 1. The summed E-state index contributed by atoms with van der Waals surface area (Å²) in [4.78, 5) is 25.4. The van der Waals surface area contributed by atoms with Crippen LogP contribution in [0.3, 0.4) is 0 Å². The van der Waals surface area contributed by atoms with Crippen molar-refractivity contribution in [2.45, 2.75) is 25.9 Å². The molecule has 25 heavy (non-hydrogen) atoms. The van der Waals surface area contributed by atoms with E-state index in [0.29, 0.717) is 39.3 Å². The standard InChI is InChI=1S/C18H23NO6/c1-2-23-14-3-4-16-12(8-14)7-13(11-25-16)18(22)19-5-6-24-15(10-19)9-17(20)21/h3-4,8,13,15H,2,5-7,9-11H2,1H3,(H,20,21)/t13-,15-/m0/s1. The second-order valence-electron chi connectivity index (χ2n) is 6.29. The van der Waals surface area contributed by atoms with Crippen molar-refractivity contribution < 1.29 is 28.9 Å². The van der Waals surface area contributed by atoms with Crippen LogP contribution in [0.25, 0.3) is 0 Å². The topological polar surface area (TPSA) is 85.3 Å². The second kappa shape index (κ2) is 7.74. The molecular weight excluding hydrogens is 326 g/mol. The van der Waals surface area contributed by atoms with Gasteiger partial charge in [-0.1, -0.05) is 0 Å². The highest BCUT2D eigenvalue weighted by Crippen LogP contribution is 2.31. The van der Waals surface area contributed by atoms with Crippen molar-refractivity contribution in [3.63, 3.8) is 0 Å². The number of morpholine rings is 1. The lowest BCUT2D eigenvalue weighted by Crippen LogP contribution is -2.50. The summed E-state index contributed by atoms with van der Waals surface area (Å²) < 4.78 is 16.7. The minimum atomic E-state index is -0.919. The number of carboxylic acid groups (broad SMARTS) is 1. The van der Waals surface area contributed by atoms with E-state index in [0.717, 1.165) is 17.1 Å². The van der Waals surface area contributed by atoms with Crippen molar-refractivity contribution in [2.24, 2.45) is 5.92 Å². The Balaban J connectivity index is 1.65. The predicted octanol–water partition coefficient (Wildman–Crippen LogP) is 1.34. The van der Waals surface area contributed by atoms with Gasteiger partial charge < -0.3 is 24.2 Å². The number of nitrogens with zero attached hydrogens (tertiary/aromatic N) is 1. The molecule has 0 aromatic heterocycles. The van der Waals surface area contributed by atoms with E-state index in [1.54, 1.807) is 4.90 Å². The fourth-order valence-corrected chi connectivity index (χ4v) is 3.28. The summed E-state index contributed by atoms with van der Waals surface area (Å²) in [6.07, 6.45) is 0.0539. The number of carbonyl (C=O) groups is 2. The Morgan fingerprint density at radius 2 is 2.24 bits per heavy atom. The maximum Gasteiger partial charge on any atom is 0.306 e. The number of benzene rings is 1. The third-order valence-corrected chi connectivity index (χ3v) is 4.45. The first-order valence-corrected chi connectivity index (χ1v) is 8.57. The van der Waals surface area contributed by atoms with Crippen LogP contribution in [-0.4, -0.2) is 60.9 Å². The highest BCUT2D eigenvalue weighted by Gasteiger charge is 2.33. The van der Waals surface area contributed by atoms with Crippen LogP contribution in [0, 0.1) is 5.92 Å². The molecule has 2 aliphatic rings. The maximum absolute atomic E-state index is 12.8. The molecule has 7 nitrogen and oxygen atoms in total. The molecule has 1 saturated heterocycles. The van der Waals surface area contributed by atoms with Crippen molar-refractivity contribution in [1.29, 1.82) is 0 Å². The summed E-state index contributed by atoms with van der Waals surface area (Å²) in [6, 6.07) is 5.66. The molecule has 0 saturated carbocycles. The first-order valence-electron chi connectivity index (χ1n) is 8.57. The van der Waals surface area contributed by atoms with Crippen LogP contribution in [0.4, 0.5) is 0 Å². The molecule has 0 bridgehead atoms. The average Bonchev–Trinajstić information content (AvgIpc) is 2.60. The third-order valence-electron chi connectivity index (χ3n) is 4.45. The Hall–Kier alpha value is -2.28. The van der Waals surface area contributed by atoms with Crippen molar-refractivity contribution >= 4 is 11.9 Å². The summed E-state index contributed by atoms with van der Waals surface area (Å²) >= 11 is 0. The molecule has 2 atom stereocenters. The van der Waals surface area contributed by atoms with Crippen molar-refractivity contribution in [2.75, 3.05) is 32.9 Å². The van der Waals surface area contributed by atoms with Gasteiger partial charge in [-0.25, -0.2) is 0 Å². The van der Waals surface area contributed by atoms with Crippen LogP contribution in [0.5, 0.6) is 11.5 Å². The van der Waals surface area contributed by atoms with Crippen LogP contribution in [0.2, 0.25) is 0 Å². The number of amides is 1. The van der Waals surface area contributed by atoms with Gasteiger partial charge in [0.05, 0.1) is 31.7 Å². The highest BCUT2D eigenvalue weighted by molar-refractivity contribution is 5.80. The minimum Gasteiger partial charge on any atom is -0.494 e. The van der Waals surface area contributed by atoms with Crippen molar-refractivity contribution in [1.82, 2.24) is 4.90 Å². The lowest BCUT2D eigenvalue weighted by atomic mass is 9.95. The van der Waals surface area contributed by atoms with E-state index >= 15 is 0 Å². The third kappa shape index (κ3) is 4.22. The molecule has 0 spiro atoms. The zero-order valence-corrected chi connectivity index (χ0v) is 14.3. The maximum atomic E-state index is 12.8. The number of rotatable bonds is 5. The van der Waals surface area contributed by atoms with Gasteiger partial charge in [-0.2, -0.15) is 0 Å². The van der Waals surface area contributed by atoms with E-state index < -0.39 is 12.1 Å². The van der Waals surface area contributed by atoms with E-state index in [2.05, 4.69) is 0 Å². The molecule has 0 radical (unpaired) electrons. The molecule has 1 aromatic rings. The molecule has 3 rings (SSSR count). The monoisotopic (exact) mass is 349 g/mol. The van der Waals surface area contributed by atoms with Gasteiger partial charge in [-0.15, -0.1) is 0 Å². The molecule has 1 N–H and O–H groups in total. The second-order valence-corrected chi connectivity index (χ2v) is 6.29. The Labute approximate surface area is 146 Å². The molecule has 0 aliphatic carbocycles. The van der Waals surface area contributed by atoms with Gasteiger partial charge in [0, 0.05) is 13.1 Å². The van der Waals surface area contributed by atoms with Crippen LogP contribution in [0.1, 0.15) is 18.9 Å². The quantitative estimate of drug-likeness (QED) is 0.863. The minimum absolute atomic E-state index is 0.00819. The van der Waals surface area contributed by atoms with E-state index in [1.165, 1.54) is 0 Å². The number of hydrogen-bond acceptors (Lipinski definition) is 5. The van der Waals surface area contributed by atoms with E-state index in [-0.39, 0.29) is 18.2 Å². The van der Waals surface area contributed by atoms with Gasteiger partial charge in [0.25, 0.3) is 0 Å². The lowest BCUT2D eigenvalue weighted by molar-refractivity contribution is -0.150. The molecule has 2 aliphatic heterocycles. The van der Waals surface area contributed by atoms with Gasteiger partial charge in [-0.05, 0) is 37.1 Å². The Bertz CT molecular complexity index is 646. The smallest absolute Gasteiger partial charge is 0.306 e. The van der Waals surface area contributed by atoms with E-state index in [1.807, 2.05) is 25.1 Å². The summed E-state index contributed by atoms with van der Waals surface area (Å²) in [5.74, 6) is 0.362. The summed E-state index contributed by atoms with van der Waals surface area (Å²) in [7, 11) is 0. The van der Waals surface area contributed by atoms with Crippen LogP contribution < -0.4 is 9.47 Å². The summed E-state index contributed by atoms with van der Waals surface area (Å²) in [5, 5.41) is 8.90. The number of fused-ring (bicyclic) bond motifs is 1. The molecule has 1 aromatic carbocycles. The van der Waals surface area contributed by atoms with Gasteiger partial charge in [0.15, 0.2) is 0 Å². The number of hydrogen-bond donors (Lipinski definition) is 1. The molecule has 0 unspecified atom stereocenters. The lowest BCUT2D eigenvalue weighted by Gasteiger charge is -2.35. The zero-order chi connectivity index (χ0) is 17.8. The van der Waals surface area contributed by atoms with Gasteiger partial charge in [0.1, 0.15) is 18.1 Å². The number of ether oxygens (including phenoxy) is 3. The zero-order valence-electron chi connectivity index (χ0n) is 14.3. The van der Waals surface area contributed by atoms with Crippen LogP contribution in [-0.2, 0) is 20.7 Å². The van der Waals surface area contributed by atoms with Crippen LogP contribution >= 0.6 is 0 Å². The number of carboxylic acids is 1. The van der Waals surface area contributed by atoms with Crippen LogP contribution in [0.15, 0.2) is 18.2 Å². The summed E-state index contributed by atoms with van der Waals surface area (Å²) in [6.45, 7) is 4.00. The first-order chi connectivity index (χ1) is 12.1.